The van der Waals surface area contributed by atoms with Crippen molar-refractivity contribution >= 4 is 5.91 Å². The van der Waals surface area contributed by atoms with E-state index in [2.05, 4.69) is 60.8 Å². The summed E-state index contributed by atoms with van der Waals surface area (Å²) in [5, 5.41) is 3.51. The summed E-state index contributed by atoms with van der Waals surface area (Å²) in [5.41, 5.74) is 5.44. The predicted octanol–water partition coefficient (Wildman–Crippen LogP) is 6.05. The van der Waals surface area contributed by atoms with Crippen molar-refractivity contribution in [1.29, 1.82) is 0 Å². The Morgan fingerprint density at radius 2 is 1.56 bits per heavy atom. The van der Waals surface area contributed by atoms with Gasteiger partial charge in [0.1, 0.15) is 0 Å². The van der Waals surface area contributed by atoms with E-state index in [9.17, 15) is 4.79 Å². The van der Waals surface area contributed by atoms with Gasteiger partial charge in [-0.15, -0.1) is 0 Å². The van der Waals surface area contributed by atoms with E-state index in [0.717, 1.165) is 32.1 Å². The average Bonchev–Trinajstić information content (AvgIpc) is 3.06. The second-order valence-electron chi connectivity index (χ2n) is 8.24. The van der Waals surface area contributed by atoms with Crippen LogP contribution in [0.5, 0.6) is 0 Å². The monoisotopic (exact) mass is 361 g/mol. The molecule has 0 aliphatic heterocycles. The smallest absolute Gasteiger partial charge is 0.223 e. The van der Waals surface area contributed by atoms with Crippen molar-refractivity contribution in [3.05, 3.63) is 59.7 Å². The van der Waals surface area contributed by atoms with Gasteiger partial charge in [-0.2, -0.15) is 0 Å². The summed E-state index contributed by atoms with van der Waals surface area (Å²) in [6.07, 6.45) is 9.16. The lowest BCUT2D eigenvalue weighted by Crippen LogP contribution is -2.42. The fraction of sp³-hybridized carbons (Fsp3) is 0.480. The first-order valence-corrected chi connectivity index (χ1v) is 10.8. The lowest BCUT2D eigenvalue weighted by atomic mass is 9.84. The molecule has 1 unspecified atom stereocenters. The number of carbonyl (C=O) groups excluding carboxylic acids is 1. The first-order valence-electron chi connectivity index (χ1n) is 10.8. The van der Waals surface area contributed by atoms with Gasteiger partial charge in [-0.25, -0.2) is 0 Å². The molecule has 4 rings (SSSR count). The molecule has 0 radical (unpaired) electrons. The number of amides is 1. The Labute approximate surface area is 163 Å². The number of fused-ring (bicyclic) bond motifs is 3. The normalized spacial score (nSPS) is 18.0. The van der Waals surface area contributed by atoms with Crippen LogP contribution < -0.4 is 5.32 Å². The zero-order valence-corrected chi connectivity index (χ0v) is 16.4. The molecule has 27 heavy (non-hydrogen) atoms. The molecular weight excluding hydrogens is 330 g/mol. The Hall–Kier alpha value is -2.09. The van der Waals surface area contributed by atoms with Crippen LogP contribution in [0.1, 0.15) is 75.3 Å². The van der Waals surface area contributed by atoms with Gasteiger partial charge in [-0.1, -0.05) is 87.6 Å². The molecule has 1 fully saturated rings. The Balaban J connectivity index is 1.64. The van der Waals surface area contributed by atoms with E-state index in [1.807, 2.05) is 0 Å². The minimum atomic E-state index is 0.184. The summed E-state index contributed by atoms with van der Waals surface area (Å²) in [5.74, 6) is 0.781. The van der Waals surface area contributed by atoms with Crippen LogP contribution in [0.3, 0.4) is 0 Å². The van der Waals surface area contributed by atoms with Crippen molar-refractivity contribution in [3.8, 4) is 11.1 Å². The highest BCUT2D eigenvalue weighted by molar-refractivity contribution is 5.82. The Bertz CT molecular complexity index is 745. The maximum absolute atomic E-state index is 13.0. The van der Waals surface area contributed by atoms with Crippen LogP contribution in [0.2, 0.25) is 0 Å². The van der Waals surface area contributed by atoms with Gasteiger partial charge in [0.25, 0.3) is 0 Å². The number of hydrogen-bond donors (Lipinski definition) is 1. The second kappa shape index (κ2) is 8.29. The van der Waals surface area contributed by atoms with Crippen LogP contribution >= 0.6 is 0 Å². The average molecular weight is 362 g/mol. The summed E-state index contributed by atoms with van der Waals surface area (Å²) in [7, 11) is 0. The van der Waals surface area contributed by atoms with Gasteiger partial charge in [0, 0.05) is 17.9 Å². The molecule has 2 heteroatoms. The number of rotatable bonds is 6. The summed E-state index contributed by atoms with van der Waals surface area (Å²) >= 11 is 0. The summed E-state index contributed by atoms with van der Waals surface area (Å²) < 4.78 is 0. The van der Waals surface area contributed by atoms with Crippen LogP contribution in [0.15, 0.2) is 48.5 Å². The van der Waals surface area contributed by atoms with E-state index < -0.39 is 0 Å². The van der Waals surface area contributed by atoms with Crippen LogP contribution in [-0.4, -0.2) is 11.9 Å². The minimum Gasteiger partial charge on any atom is -0.352 e. The highest BCUT2D eigenvalue weighted by Gasteiger charge is 2.35. The molecule has 0 saturated heterocycles. The van der Waals surface area contributed by atoms with Crippen molar-refractivity contribution in [2.24, 2.45) is 5.92 Å². The number of unbranched alkanes of at least 4 members (excludes halogenated alkanes) is 1. The van der Waals surface area contributed by atoms with Crippen LogP contribution in [0.25, 0.3) is 11.1 Å². The van der Waals surface area contributed by atoms with E-state index in [1.165, 1.54) is 41.5 Å². The van der Waals surface area contributed by atoms with Gasteiger partial charge in [0.2, 0.25) is 5.91 Å². The van der Waals surface area contributed by atoms with E-state index >= 15 is 0 Å². The Morgan fingerprint density at radius 3 is 2.15 bits per heavy atom. The van der Waals surface area contributed by atoms with Gasteiger partial charge in [0.15, 0.2) is 0 Å². The van der Waals surface area contributed by atoms with Crippen molar-refractivity contribution in [2.75, 3.05) is 0 Å². The SMILES string of the molecule is CCCCC(NC(=O)C1CCCCC1)C1c2ccccc2-c2ccccc21. The molecule has 1 N–H and O–H groups in total. The first-order chi connectivity index (χ1) is 13.3. The number of hydrogen-bond acceptors (Lipinski definition) is 1. The molecule has 0 spiro atoms. The largest absolute Gasteiger partial charge is 0.352 e. The topological polar surface area (TPSA) is 29.1 Å². The van der Waals surface area contributed by atoms with Crippen molar-refractivity contribution in [1.82, 2.24) is 5.32 Å². The second-order valence-corrected chi connectivity index (χ2v) is 8.24. The summed E-state index contributed by atoms with van der Waals surface area (Å²) in [6.45, 7) is 2.23. The van der Waals surface area contributed by atoms with E-state index in [4.69, 9.17) is 0 Å². The predicted molar refractivity (Wildman–Crippen MR) is 112 cm³/mol. The molecule has 1 amide bonds. The molecule has 0 bridgehead atoms. The number of carbonyl (C=O) groups is 1. The zero-order valence-electron chi connectivity index (χ0n) is 16.4. The summed E-state index contributed by atoms with van der Waals surface area (Å²) in [6, 6.07) is 17.7. The molecule has 1 saturated carbocycles. The molecule has 142 valence electrons. The number of benzene rings is 2. The van der Waals surface area contributed by atoms with Crippen LogP contribution in [0.4, 0.5) is 0 Å². The van der Waals surface area contributed by atoms with Gasteiger partial charge >= 0.3 is 0 Å². The molecule has 2 aliphatic rings. The number of nitrogens with one attached hydrogen (secondary N) is 1. The third-order valence-electron chi connectivity index (χ3n) is 6.46. The van der Waals surface area contributed by atoms with Crippen molar-refractivity contribution in [2.45, 2.75) is 70.3 Å². The lowest BCUT2D eigenvalue weighted by molar-refractivity contribution is -0.126. The highest BCUT2D eigenvalue weighted by atomic mass is 16.1. The first kappa shape index (κ1) is 18.3. The molecule has 0 heterocycles. The maximum Gasteiger partial charge on any atom is 0.223 e. The summed E-state index contributed by atoms with van der Waals surface area (Å²) in [4.78, 5) is 13.0. The molecule has 1 atom stereocenters. The van der Waals surface area contributed by atoms with E-state index in [1.54, 1.807) is 0 Å². The quantitative estimate of drug-likeness (QED) is 0.666. The fourth-order valence-corrected chi connectivity index (χ4v) is 5.04. The third kappa shape index (κ3) is 3.67. The molecule has 2 aromatic carbocycles. The Morgan fingerprint density at radius 1 is 0.963 bits per heavy atom. The van der Waals surface area contributed by atoms with Crippen molar-refractivity contribution < 1.29 is 4.79 Å². The lowest BCUT2D eigenvalue weighted by Gasteiger charge is -2.30. The standard InChI is InChI=1S/C25H31NO/c1-2-3-17-23(26-25(27)18-11-5-4-6-12-18)24-21-15-9-7-13-19(21)20-14-8-10-16-22(20)24/h7-10,13-16,18,23-24H,2-6,11-12,17H2,1H3,(H,26,27). The third-order valence-corrected chi connectivity index (χ3v) is 6.46. The molecular formula is C25H31NO. The van der Waals surface area contributed by atoms with Gasteiger partial charge < -0.3 is 5.32 Å². The van der Waals surface area contributed by atoms with Crippen molar-refractivity contribution in [3.63, 3.8) is 0 Å². The molecule has 2 nitrogen and oxygen atoms in total. The van der Waals surface area contributed by atoms with Crippen LogP contribution in [-0.2, 0) is 4.79 Å². The van der Waals surface area contributed by atoms with E-state index in [-0.39, 0.29) is 23.8 Å². The zero-order chi connectivity index (χ0) is 18.6. The Kier molecular flexibility index (Phi) is 5.61. The van der Waals surface area contributed by atoms with Gasteiger partial charge in [-0.3, -0.25) is 4.79 Å². The molecule has 2 aliphatic carbocycles. The maximum atomic E-state index is 13.0. The molecule has 2 aromatic rings. The highest BCUT2D eigenvalue weighted by Crippen LogP contribution is 2.47. The fourth-order valence-electron chi connectivity index (χ4n) is 5.04. The van der Waals surface area contributed by atoms with Gasteiger partial charge in [0.05, 0.1) is 0 Å². The van der Waals surface area contributed by atoms with Gasteiger partial charge in [-0.05, 0) is 41.5 Å². The minimum absolute atomic E-state index is 0.184. The van der Waals surface area contributed by atoms with E-state index in [0.29, 0.717) is 0 Å². The molecule has 0 aromatic heterocycles. The van der Waals surface area contributed by atoms with Crippen LogP contribution in [0, 0.1) is 5.92 Å².